The summed E-state index contributed by atoms with van der Waals surface area (Å²) in [5.41, 5.74) is 1.03. The SMILES string of the molecule is COc1cccc(NC(=O)COc2ccc(C(=O)OCC(=O)c3ccc(F)cc3)cc2)c1. The van der Waals surface area contributed by atoms with Crippen LogP contribution in [-0.2, 0) is 9.53 Å². The molecule has 1 N–H and O–H groups in total. The van der Waals surface area contributed by atoms with Crippen molar-refractivity contribution in [2.45, 2.75) is 0 Å². The summed E-state index contributed by atoms with van der Waals surface area (Å²) in [5.74, 6) is -0.960. The fraction of sp³-hybridized carbons (Fsp3) is 0.125. The number of carbonyl (C=O) groups excluding carboxylic acids is 3. The van der Waals surface area contributed by atoms with Gasteiger partial charge in [0.15, 0.2) is 19.0 Å². The van der Waals surface area contributed by atoms with E-state index in [1.165, 1.54) is 43.5 Å². The third kappa shape index (κ3) is 6.40. The standard InChI is InChI=1S/C24H20FNO6/c1-30-21-4-2-3-19(13-21)26-23(28)15-31-20-11-7-17(8-12-20)24(29)32-14-22(27)16-5-9-18(25)10-6-16/h2-13H,14-15H2,1H3,(H,26,28). The Kier molecular flexibility index (Phi) is 7.53. The van der Waals surface area contributed by atoms with Gasteiger partial charge in [-0.1, -0.05) is 6.07 Å². The molecule has 3 aromatic rings. The maximum atomic E-state index is 12.9. The first-order chi connectivity index (χ1) is 15.4. The van der Waals surface area contributed by atoms with Gasteiger partial charge in [0.25, 0.3) is 5.91 Å². The molecule has 0 atom stereocenters. The Morgan fingerprint density at radius 2 is 1.53 bits per heavy atom. The minimum Gasteiger partial charge on any atom is -0.497 e. The lowest BCUT2D eigenvalue weighted by atomic mass is 10.1. The third-order valence-corrected chi connectivity index (χ3v) is 4.31. The summed E-state index contributed by atoms with van der Waals surface area (Å²) < 4.78 is 28.4. The van der Waals surface area contributed by atoms with E-state index in [1.54, 1.807) is 24.3 Å². The molecule has 0 fully saturated rings. The lowest BCUT2D eigenvalue weighted by Gasteiger charge is -2.09. The Balaban J connectivity index is 1.46. The molecule has 0 spiro atoms. The number of hydrogen-bond acceptors (Lipinski definition) is 6. The predicted octanol–water partition coefficient (Wildman–Crippen LogP) is 3.89. The number of carbonyl (C=O) groups is 3. The van der Waals surface area contributed by atoms with Gasteiger partial charge in [-0.05, 0) is 60.7 Å². The topological polar surface area (TPSA) is 90.9 Å². The van der Waals surface area contributed by atoms with Crippen molar-refractivity contribution in [2.24, 2.45) is 0 Å². The Labute approximate surface area is 183 Å². The summed E-state index contributed by atoms with van der Waals surface area (Å²) >= 11 is 0. The predicted molar refractivity (Wildman–Crippen MR) is 115 cm³/mol. The van der Waals surface area contributed by atoms with Gasteiger partial charge in [0.2, 0.25) is 0 Å². The second-order valence-corrected chi connectivity index (χ2v) is 6.60. The summed E-state index contributed by atoms with van der Waals surface area (Å²) in [6.07, 6.45) is 0. The minimum atomic E-state index is -0.692. The number of rotatable bonds is 9. The van der Waals surface area contributed by atoms with Crippen LogP contribution in [0.5, 0.6) is 11.5 Å². The van der Waals surface area contributed by atoms with Crippen LogP contribution < -0.4 is 14.8 Å². The average Bonchev–Trinajstić information content (AvgIpc) is 2.82. The van der Waals surface area contributed by atoms with E-state index in [1.807, 2.05) is 0 Å². The zero-order valence-electron chi connectivity index (χ0n) is 17.2. The molecule has 164 valence electrons. The second kappa shape index (κ2) is 10.7. The number of ether oxygens (including phenoxy) is 3. The van der Waals surface area contributed by atoms with Crippen molar-refractivity contribution in [1.29, 1.82) is 0 Å². The number of amides is 1. The van der Waals surface area contributed by atoms with E-state index in [0.29, 0.717) is 17.2 Å². The summed E-state index contributed by atoms with van der Waals surface area (Å²) in [7, 11) is 1.53. The van der Waals surface area contributed by atoms with Gasteiger partial charge < -0.3 is 19.5 Å². The molecule has 8 heteroatoms. The molecule has 0 heterocycles. The average molecular weight is 437 g/mol. The van der Waals surface area contributed by atoms with Gasteiger partial charge in [-0.3, -0.25) is 9.59 Å². The molecule has 0 aliphatic rings. The Morgan fingerprint density at radius 3 is 2.22 bits per heavy atom. The number of esters is 1. The maximum Gasteiger partial charge on any atom is 0.338 e. The van der Waals surface area contributed by atoms with Crippen molar-refractivity contribution < 1.29 is 33.0 Å². The van der Waals surface area contributed by atoms with Crippen molar-refractivity contribution in [3.05, 3.63) is 89.7 Å². The lowest BCUT2D eigenvalue weighted by Crippen LogP contribution is -2.20. The van der Waals surface area contributed by atoms with Crippen LogP contribution in [-0.4, -0.2) is 38.0 Å². The number of halogens is 1. The van der Waals surface area contributed by atoms with E-state index in [4.69, 9.17) is 14.2 Å². The van der Waals surface area contributed by atoms with E-state index in [9.17, 15) is 18.8 Å². The van der Waals surface area contributed by atoms with E-state index >= 15 is 0 Å². The minimum absolute atomic E-state index is 0.213. The van der Waals surface area contributed by atoms with Gasteiger partial charge in [0, 0.05) is 17.3 Å². The molecule has 0 bridgehead atoms. The maximum absolute atomic E-state index is 12.9. The summed E-state index contributed by atoms with van der Waals surface area (Å²) in [4.78, 5) is 36.2. The molecule has 0 unspecified atom stereocenters. The van der Waals surface area contributed by atoms with Crippen molar-refractivity contribution in [3.8, 4) is 11.5 Å². The van der Waals surface area contributed by atoms with Crippen LogP contribution in [0.2, 0.25) is 0 Å². The summed E-state index contributed by atoms with van der Waals surface area (Å²) in [5, 5.41) is 2.69. The van der Waals surface area contributed by atoms with Crippen LogP contribution in [0, 0.1) is 5.82 Å². The molecular formula is C24H20FNO6. The fourth-order valence-corrected chi connectivity index (χ4v) is 2.67. The second-order valence-electron chi connectivity index (χ2n) is 6.60. The molecule has 1 amide bonds. The zero-order valence-corrected chi connectivity index (χ0v) is 17.2. The molecule has 32 heavy (non-hydrogen) atoms. The fourth-order valence-electron chi connectivity index (χ4n) is 2.67. The smallest absolute Gasteiger partial charge is 0.338 e. The van der Waals surface area contributed by atoms with Crippen LogP contribution in [0.1, 0.15) is 20.7 Å². The molecule has 0 saturated heterocycles. The highest BCUT2D eigenvalue weighted by Crippen LogP contribution is 2.17. The molecule has 7 nitrogen and oxygen atoms in total. The van der Waals surface area contributed by atoms with Gasteiger partial charge in [0.1, 0.15) is 17.3 Å². The Morgan fingerprint density at radius 1 is 0.844 bits per heavy atom. The number of hydrogen-bond donors (Lipinski definition) is 1. The van der Waals surface area contributed by atoms with Crippen LogP contribution in [0.3, 0.4) is 0 Å². The first-order valence-electron chi connectivity index (χ1n) is 9.57. The van der Waals surface area contributed by atoms with Crippen molar-refractivity contribution in [1.82, 2.24) is 0 Å². The number of nitrogens with one attached hydrogen (secondary N) is 1. The Bertz CT molecular complexity index is 1100. The number of benzene rings is 3. The lowest BCUT2D eigenvalue weighted by molar-refractivity contribution is -0.118. The first kappa shape index (κ1) is 22.5. The molecule has 3 rings (SSSR count). The van der Waals surface area contributed by atoms with E-state index < -0.39 is 24.2 Å². The van der Waals surface area contributed by atoms with Crippen LogP contribution in [0.25, 0.3) is 0 Å². The first-order valence-corrected chi connectivity index (χ1v) is 9.57. The summed E-state index contributed by atoms with van der Waals surface area (Å²) in [6.45, 7) is -0.694. The number of Topliss-reactive ketones (excluding diaryl/α,β-unsaturated/α-hetero) is 1. The molecule has 0 aliphatic heterocycles. The highest BCUT2D eigenvalue weighted by atomic mass is 19.1. The molecule has 0 saturated carbocycles. The van der Waals surface area contributed by atoms with E-state index in [0.717, 1.165) is 12.1 Å². The van der Waals surface area contributed by atoms with Gasteiger partial charge in [-0.15, -0.1) is 0 Å². The number of anilines is 1. The van der Waals surface area contributed by atoms with Crippen molar-refractivity contribution >= 4 is 23.3 Å². The van der Waals surface area contributed by atoms with Crippen molar-refractivity contribution in [2.75, 3.05) is 25.6 Å². The van der Waals surface area contributed by atoms with Crippen LogP contribution in [0.15, 0.2) is 72.8 Å². The van der Waals surface area contributed by atoms with Crippen LogP contribution in [0.4, 0.5) is 10.1 Å². The quantitative estimate of drug-likeness (QED) is 0.403. The molecule has 0 aromatic heterocycles. The Hall–Kier alpha value is -4.20. The van der Waals surface area contributed by atoms with Gasteiger partial charge in [-0.2, -0.15) is 0 Å². The highest BCUT2D eigenvalue weighted by Gasteiger charge is 2.12. The third-order valence-electron chi connectivity index (χ3n) is 4.31. The van der Waals surface area contributed by atoms with E-state index in [2.05, 4.69) is 5.32 Å². The van der Waals surface area contributed by atoms with Crippen molar-refractivity contribution in [3.63, 3.8) is 0 Å². The highest BCUT2D eigenvalue weighted by molar-refractivity contribution is 5.99. The van der Waals surface area contributed by atoms with Crippen LogP contribution >= 0.6 is 0 Å². The van der Waals surface area contributed by atoms with Gasteiger partial charge >= 0.3 is 5.97 Å². The molecule has 0 aliphatic carbocycles. The zero-order chi connectivity index (χ0) is 22.9. The monoisotopic (exact) mass is 437 g/mol. The number of ketones is 1. The summed E-state index contributed by atoms with van der Waals surface area (Å²) in [6, 6.07) is 17.8. The number of methoxy groups -OCH3 is 1. The normalized spacial score (nSPS) is 10.2. The van der Waals surface area contributed by atoms with E-state index in [-0.39, 0.29) is 23.6 Å². The molecule has 3 aromatic carbocycles. The van der Waals surface area contributed by atoms with Gasteiger partial charge in [0.05, 0.1) is 12.7 Å². The largest absolute Gasteiger partial charge is 0.497 e. The molecular weight excluding hydrogens is 417 g/mol. The van der Waals surface area contributed by atoms with Gasteiger partial charge in [-0.25, -0.2) is 9.18 Å². The molecule has 0 radical (unpaired) electrons.